The summed E-state index contributed by atoms with van der Waals surface area (Å²) in [6.07, 6.45) is 0. The molecule has 0 fully saturated rings. The first kappa shape index (κ1) is 13.2. The Balaban J connectivity index is 2.69. The molecule has 1 N–H and O–H groups in total. The highest BCUT2D eigenvalue weighted by Gasteiger charge is 2.19. The number of aryl methyl sites for hydroxylation is 2. The average molecular weight is 219 g/mol. The third-order valence-electron chi connectivity index (χ3n) is 3.53. The van der Waals surface area contributed by atoms with Crippen LogP contribution in [-0.2, 0) is 6.54 Å². The summed E-state index contributed by atoms with van der Waals surface area (Å²) in [4.78, 5) is 0. The Hall–Kier alpha value is -0.820. The van der Waals surface area contributed by atoms with Gasteiger partial charge in [-0.1, -0.05) is 39.0 Å². The number of hydrogen-bond donors (Lipinski definition) is 1. The van der Waals surface area contributed by atoms with E-state index in [0.717, 1.165) is 6.54 Å². The van der Waals surface area contributed by atoms with Gasteiger partial charge < -0.3 is 5.32 Å². The third kappa shape index (κ3) is 3.34. The van der Waals surface area contributed by atoms with Gasteiger partial charge in [0.05, 0.1) is 0 Å². The van der Waals surface area contributed by atoms with Gasteiger partial charge in [-0.15, -0.1) is 0 Å². The van der Waals surface area contributed by atoms with Crippen molar-refractivity contribution < 1.29 is 0 Å². The fourth-order valence-electron chi connectivity index (χ4n) is 1.69. The van der Waals surface area contributed by atoms with Gasteiger partial charge in [0.1, 0.15) is 0 Å². The Morgan fingerprint density at radius 3 is 2.06 bits per heavy atom. The Labute approximate surface area is 100 Å². The van der Waals surface area contributed by atoms with Crippen LogP contribution < -0.4 is 5.32 Å². The number of nitrogens with one attached hydrogen (secondary N) is 1. The van der Waals surface area contributed by atoms with Gasteiger partial charge in [0.15, 0.2) is 0 Å². The smallest absolute Gasteiger partial charge is 0.0213 e. The molecule has 1 rings (SSSR count). The van der Waals surface area contributed by atoms with Crippen LogP contribution in [0.1, 0.15) is 44.4 Å². The summed E-state index contributed by atoms with van der Waals surface area (Å²) in [5, 5.41) is 3.62. The van der Waals surface area contributed by atoms with Gasteiger partial charge in [-0.05, 0) is 42.9 Å². The number of benzene rings is 1. The van der Waals surface area contributed by atoms with Crippen LogP contribution in [0.5, 0.6) is 0 Å². The van der Waals surface area contributed by atoms with E-state index in [1.807, 2.05) is 0 Å². The molecule has 0 aliphatic heterocycles. The van der Waals surface area contributed by atoms with Crippen molar-refractivity contribution in [2.45, 2.75) is 54.1 Å². The van der Waals surface area contributed by atoms with E-state index in [-0.39, 0.29) is 0 Å². The van der Waals surface area contributed by atoms with E-state index in [4.69, 9.17) is 0 Å². The molecule has 0 radical (unpaired) electrons. The van der Waals surface area contributed by atoms with Gasteiger partial charge in [0.25, 0.3) is 0 Å². The predicted molar refractivity (Wildman–Crippen MR) is 71.7 cm³/mol. The zero-order valence-electron chi connectivity index (χ0n) is 11.5. The molecule has 0 aliphatic carbocycles. The van der Waals surface area contributed by atoms with Crippen molar-refractivity contribution in [1.82, 2.24) is 5.32 Å². The van der Waals surface area contributed by atoms with Gasteiger partial charge >= 0.3 is 0 Å². The summed E-state index contributed by atoms with van der Waals surface area (Å²) in [5.74, 6) is 0. The third-order valence-corrected chi connectivity index (χ3v) is 3.53. The van der Waals surface area contributed by atoms with Crippen molar-refractivity contribution in [2.75, 3.05) is 0 Å². The van der Waals surface area contributed by atoms with E-state index >= 15 is 0 Å². The molecule has 0 spiro atoms. The van der Waals surface area contributed by atoms with Gasteiger partial charge in [0, 0.05) is 12.6 Å². The number of hydrogen-bond acceptors (Lipinski definition) is 1. The van der Waals surface area contributed by atoms with E-state index in [1.54, 1.807) is 0 Å². The van der Waals surface area contributed by atoms with E-state index in [1.165, 1.54) is 16.7 Å². The highest BCUT2D eigenvalue weighted by atomic mass is 14.9. The molecule has 0 amide bonds. The van der Waals surface area contributed by atoms with Gasteiger partial charge in [-0.3, -0.25) is 0 Å². The maximum absolute atomic E-state index is 3.62. The molecule has 0 saturated heterocycles. The quantitative estimate of drug-likeness (QED) is 0.814. The minimum absolute atomic E-state index is 0.316. The maximum atomic E-state index is 3.62. The lowest BCUT2D eigenvalue weighted by atomic mass is 9.88. The molecular formula is C15H25N. The molecule has 0 aromatic heterocycles. The largest absolute Gasteiger partial charge is 0.310 e. The maximum Gasteiger partial charge on any atom is 0.0213 e. The molecular weight excluding hydrogens is 194 g/mol. The lowest BCUT2D eigenvalue weighted by Crippen LogP contribution is -2.37. The molecule has 1 heteroatoms. The molecule has 1 aromatic carbocycles. The molecule has 0 bridgehead atoms. The summed E-state index contributed by atoms with van der Waals surface area (Å²) >= 11 is 0. The van der Waals surface area contributed by atoms with Crippen LogP contribution in [0.3, 0.4) is 0 Å². The first-order valence-electron chi connectivity index (χ1n) is 6.11. The fraction of sp³-hybridized carbons (Fsp3) is 0.600. The Bertz CT molecular complexity index is 327. The molecule has 0 heterocycles. The van der Waals surface area contributed by atoms with E-state index in [2.05, 4.69) is 65.1 Å². The Morgan fingerprint density at radius 2 is 1.62 bits per heavy atom. The predicted octanol–water partition coefficient (Wildman–Crippen LogP) is 3.83. The second-order valence-electron chi connectivity index (χ2n) is 5.84. The van der Waals surface area contributed by atoms with Crippen LogP contribution >= 0.6 is 0 Å². The van der Waals surface area contributed by atoms with Crippen LogP contribution in [0, 0.1) is 19.3 Å². The first-order valence-corrected chi connectivity index (χ1v) is 6.11. The Kier molecular flexibility index (Phi) is 4.15. The SMILES string of the molecule is Cc1cccc(C)c1CNC(C)C(C)(C)C. The molecule has 1 atom stereocenters. The van der Waals surface area contributed by atoms with E-state index < -0.39 is 0 Å². The molecule has 90 valence electrons. The number of rotatable bonds is 3. The molecule has 0 aliphatic rings. The summed E-state index contributed by atoms with van der Waals surface area (Å²) < 4.78 is 0. The van der Waals surface area contributed by atoms with Gasteiger partial charge in [-0.25, -0.2) is 0 Å². The van der Waals surface area contributed by atoms with Crippen molar-refractivity contribution in [1.29, 1.82) is 0 Å². The second-order valence-corrected chi connectivity index (χ2v) is 5.84. The van der Waals surface area contributed by atoms with Crippen molar-refractivity contribution >= 4 is 0 Å². The van der Waals surface area contributed by atoms with Crippen molar-refractivity contribution in [3.05, 3.63) is 34.9 Å². The second kappa shape index (κ2) is 5.01. The van der Waals surface area contributed by atoms with Crippen LogP contribution in [0.25, 0.3) is 0 Å². The summed E-state index contributed by atoms with van der Waals surface area (Å²) in [6, 6.07) is 7.02. The van der Waals surface area contributed by atoms with Crippen LogP contribution in [0.15, 0.2) is 18.2 Å². The lowest BCUT2D eigenvalue weighted by molar-refractivity contribution is 0.285. The lowest BCUT2D eigenvalue weighted by Gasteiger charge is -2.28. The van der Waals surface area contributed by atoms with Gasteiger partial charge in [0.2, 0.25) is 0 Å². The van der Waals surface area contributed by atoms with Crippen LogP contribution in [0.4, 0.5) is 0 Å². The minimum atomic E-state index is 0.316. The summed E-state index contributed by atoms with van der Waals surface area (Å²) in [6.45, 7) is 14.4. The zero-order valence-corrected chi connectivity index (χ0v) is 11.5. The zero-order chi connectivity index (χ0) is 12.3. The molecule has 16 heavy (non-hydrogen) atoms. The minimum Gasteiger partial charge on any atom is -0.310 e. The first-order chi connectivity index (χ1) is 7.32. The molecule has 1 nitrogen and oxygen atoms in total. The Morgan fingerprint density at radius 1 is 1.12 bits per heavy atom. The molecule has 1 aromatic rings. The highest BCUT2D eigenvalue weighted by Crippen LogP contribution is 2.20. The van der Waals surface area contributed by atoms with E-state index in [9.17, 15) is 0 Å². The van der Waals surface area contributed by atoms with Crippen LogP contribution in [-0.4, -0.2) is 6.04 Å². The van der Waals surface area contributed by atoms with Crippen molar-refractivity contribution in [3.63, 3.8) is 0 Å². The van der Waals surface area contributed by atoms with Crippen LogP contribution in [0.2, 0.25) is 0 Å². The van der Waals surface area contributed by atoms with E-state index in [0.29, 0.717) is 11.5 Å². The molecule has 1 unspecified atom stereocenters. The monoisotopic (exact) mass is 219 g/mol. The van der Waals surface area contributed by atoms with Crippen molar-refractivity contribution in [3.8, 4) is 0 Å². The summed E-state index contributed by atoms with van der Waals surface area (Å²) in [5.41, 5.74) is 4.53. The fourth-order valence-corrected chi connectivity index (χ4v) is 1.69. The topological polar surface area (TPSA) is 12.0 Å². The van der Waals surface area contributed by atoms with Crippen molar-refractivity contribution in [2.24, 2.45) is 5.41 Å². The summed E-state index contributed by atoms with van der Waals surface area (Å²) in [7, 11) is 0. The highest BCUT2D eigenvalue weighted by molar-refractivity contribution is 5.33. The van der Waals surface area contributed by atoms with Gasteiger partial charge in [-0.2, -0.15) is 0 Å². The average Bonchev–Trinajstić information content (AvgIpc) is 2.15. The molecule has 0 saturated carbocycles. The normalized spacial score (nSPS) is 13.9. The standard InChI is InChI=1S/C15H25N/c1-11-8-7-9-12(2)14(11)10-16-13(3)15(4,5)6/h7-9,13,16H,10H2,1-6H3.